The quantitative estimate of drug-likeness (QED) is 0.795. The molecular weight excluding hydrogens is 224 g/mol. The topological polar surface area (TPSA) is 41.9 Å². The van der Waals surface area contributed by atoms with Crippen LogP contribution in [0, 0.1) is 6.92 Å². The van der Waals surface area contributed by atoms with E-state index in [1.807, 2.05) is 14.0 Å². The second-order valence-corrected chi connectivity index (χ2v) is 4.96. The van der Waals surface area contributed by atoms with Crippen molar-refractivity contribution in [3.63, 3.8) is 0 Å². The molecule has 1 heterocycles. The number of aryl methyl sites for hydroxylation is 2. The second-order valence-electron chi connectivity index (χ2n) is 4.96. The van der Waals surface area contributed by atoms with Gasteiger partial charge in [-0.15, -0.1) is 0 Å². The van der Waals surface area contributed by atoms with Crippen molar-refractivity contribution < 1.29 is 0 Å². The summed E-state index contributed by atoms with van der Waals surface area (Å²) in [5, 5.41) is 6.79. The Morgan fingerprint density at radius 1 is 1.28 bits per heavy atom. The van der Waals surface area contributed by atoms with Gasteiger partial charge in [0, 0.05) is 31.9 Å². The molecule has 0 fully saturated rings. The fraction of sp³-hybridized carbons (Fsp3) is 0.500. The van der Waals surface area contributed by atoms with Crippen molar-refractivity contribution in [1.29, 1.82) is 0 Å². The van der Waals surface area contributed by atoms with Crippen LogP contribution in [0.15, 0.2) is 18.2 Å². The van der Waals surface area contributed by atoms with Crippen molar-refractivity contribution in [2.75, 3.05) is 18.4 Å². The Morgan fingerprint density at radius 3 is 2.78 bits per heavy atom. The van der Waals surface area contributed by atoms with Crippen LogP contribution in [0.5, 0.6) is 0 Å². The van der Waals surface area contributed by atoms with E-state index in [1.54, 1.807) is 0 Å². The zero-order valence-electron chi connectivity index (χ0n) is 11.6. The Hall–Kier alpha value is -1.55. The molecule has 1 aromatic heterocycles. The average Bonchev–Trinajstić information content (AvgIpc) is 2.60. The van der Waals surface area contributed by atoms with Crippen molar-refractivity contribution in [2.24, 2.45) is 7.05 Å². The molecule has 4 heteroatoms. The first-order chi connectivity index (χ1) is 8.58. The van der Waals surface area contributed by atoms with E-state index in [2.05, 4.69) is 52.2 Å². The van der Waals surface area contributed by atoms with Crippen molar-refractivity contribution in [2.45, 2.75) is 26.8 Å². The minimum Gasteiger partial charge on any atom is -0.384 e. The standard InChI is InChI=1S/C14H22N4/c1-10(2)15-7-8-16-12-5-6-14-13(9-12)17-11(3)18(14)4/h5-6,9-10,15-16H,7-8H2,1-4H3. The summed E-state index contributed by atoms with van der Waals surface area (Å²) in [5.74, 6) is 1.05. The molecule has 4 nitrogen and oxygen atoms in total. The molecule has 18 heavy (non-hydrogen) atoms. The van der Waals surface area contributed by atoms with E-state index >= 15 is 0 Å². The van der Waals surface area contributed by atoms with E-state index in [1.165, 1.54) is 5.52 Å². The van der Waals surface area contributed by atoms with Gasteiger partial charge in [0.25, 0.3) is 0 Å². The molecule has 0 unspecified atom stereocenters. The lowest BCUT2D eigenvalue weighted by Crippen LogP contribution is -2.28. The summed E-state index contributed by atoms with van der Waals surface area (Å²) in [6, 6.07) is 6.87. The molecule has 0 saturated heterocycles. The molecule has 0 amide bonds. The molecular formula is C14H22N4. The lowest BCUT2D eigenvalue weighted by atomic mass is 10.2. The molecule has 0 spiro atoms. The van der Waals surface area contributed by atoms with E-state index in [0.717, 1.165) is 30.1 Å². The molecule has 98 valence electrons. The fourth-order valence-electron chi connectivity index (χ4n) is 2.00. The van der Waals surface area contributed by atoms with Crippen LogP contribution < -0.4 is 10.6 Å². The number of fused-ring (bicyclic) bond motifs is 1. The molecule has 0 aliphatic heterocycles. The van der Waals surface area contributed by atoms with E-state index < -0.39 is 0 Å². The van der Waals surface area contributed by atoms with Gasteiger partial charge in [-0.25, -0.2) is 4.98 Å². The summed E-state index contributed by atoms with van der Waals surface area (Å²) >= 11 is 0. The maximum Gasteiger partial charge on any atom is 0.106 e. The van der Waals surface area contributed by atoms with Gasteiger partial charge in [-0.1, -0.05) is 13.8 Å². The third-order valence-corrected chi connectivity index (χ3v) is 3.11. The van der Waals surface area contributed by atoms with Crippen LogP contribution >= 0.6 is 0 Å². The Balaban J connectivity index is 2.02. The number of aromatic nitrogens is 2. The first-order valence-corrected chi connectivity index (χ1v) is 6.48. The number of benzene rings is 1. The highest BCUT2D eigenvalue weighted by Gasteiger charge is 2.04. The zero-order valence-corrected chi connectivity index (χ0v) is 11.6. The number of hydrogen-bond donors (Lipinski definition) is 2. The van der Waals surface area contributed by atoms with Crippen LogP contribution in [-0.4, -0.2) is 28.7 Å². The zero-order chi connectivity index (χ0) is 13.1. The Morgan fingerprint density at radius 2 is 2.06 bits per heavy atom. The Labute approximate surface area is 108 Å². The SMILES string of the molecule is Cc1nc2cc(NCCNC(C)C)ccc2n1C. The van der Waals surface area contributed by atoms with Gasteiger partial charge in [0.15, 0.2) is 0 Å². The van der Waals surface area contributed by atoms with Gasteiger partial charge in [-0.05, 0) is 25.1 Å². The molecule has 2 N–H and O–H groups in total. The lowest BCUT2D eigenvalue weighted by Gasteiger charge is -2.10. The maximum atomic E-state index is 4.54. The molecule has 2 aromatic rings. The van der Waals surface area contributed by atoms with Crippen molar-refractivity contribution in [3.8, 4) is 0 Å². The third-order valence-electron chi connectivity index (χ3n) is 3.11. The van der Waals surface area contributed by atoms with Gasteiger partial charge >= 0.3 is 0 Å². The van der Waals surface area contributed by atoms with Crippen molar-refractivity contribution >= 4 is 16.7 Å². The molecule has 0 atom stereocenters. The van der Waals surface area contributed by atoms with Gasteiger partial charge in [-0.3, -0.25) is 0 Å². The van der Waals surface area contributed by atoms with Crippen LogP contribution in [0.25, 0.3) is 11.0 Å². The summed E-state index contributed by atoms with van der Waals surface area (Å²) < 4.78 is 2.11. The predicted octanol–water partition coefficient (Wildman–Crippen LogP) is 2.29. The summed E-state index contributed by atoms with van der Waals surface area (Å²) in [6.45, 7) is 8.23. The summed E-state index contributed by atoms with van der Waals surface area (Å²) in [6.07, 6.45) is 0. The van der Waals surface area contributed by atoms with Crippen LogP contribution in [0.4, 0.5) is 5.69 Å². The molecule has 1 aromatic carbocycles. The first-order valence-electron chi connectivity index (χ1n) is 6.48. The second kappa shape index (κ2) is 5.40. The number of rotatable bonds is 5. The molecule has 0 bridgehead atoms. The Kier molecular flexibility index (Phi) is 3.87. The summed E-state index contributed by atoms with van der Waals surface area (Å²) in [5.41, 5.74) is 3.36. The summed E-state index contributed by atoms with van der Waals surface area (Å²) in [4.78, 5) is 4.54. The summed E-state index contributed by atoms with van der Waals surface area (Å²) in [7, 11) is 2.05. The third kappa shape index (κ3) is 2.82. The molecule has 2 rings (SSSR count). The largest absolute Gasteiger partial charge is 0.384 e. The normalized spacial score (nSPS) is 11.4. The molecule has 0 radical (unpaired) electrons. The monoisotopic (exact) mass is 246 g/mol. The van der Waals surface area contributed by atoms with Crippen molar-refractivity contribution in [1.82, 2.24) is 14.9 Å². The predicted molar refractivity (Wildman–Crippen MR) is 77.1 cm³/mol. The van der Waals surface area contributed by atoms with Crippen LogP contribution in [0.1, 0.15) is 19.7 Å². The van der Waals surface area contributed by atoms with Crippen LogP contribution in [0.2, 0.25) is 0 Å². The smallest absolute Gasteiger partial charge is 0.106 e. The number of anilines is 1. The highest BCUT2D eigenvalue weighted by molar-refractivity contribution is 5.80. The van der Waals surface area contributed by atoms with E-state index in [-0.39, 0.29) is 0 Å². The van der Waals surface area contributed by atoms with Gasteiger partial charge in [-0.2, -0.15) is 0 Å². The minimum absolute atomic E-state index is 0.535. The molecule has 0 saturated carbocycles. The van der Waals surface area contributed by atoms with Gasteiger partial charge < -0.3 is 15.2 Å². The van der Waals surface area contributed by atoms with Crippen molar-refractivity contribution in [3.05, 3.63) is 24.0 Å². The van der Waals surface area contributed by atoms with E-state index in [4.69, 9.17) is 0 Å². The number of hydrogen-bond acceptors (Lipinski definition) is 3. The van der Waals surface area contributed by atoms with E-state index in [9.17, 15) is 0 Å². The number of nitrogens with zero attached hydrogens (tertiary/aromatic N) is 2. The highest BCUT2D eigenvalue weighted by Crippen LogP contribution is 2.18. The maximum absolute atomic E-state index is 4.54. The lowest BCUT2D eigenvalue weighted by molar-refractivity contribution is 0.602. The fourth-order valence-corrected chi connectivity index (χ4v) is 2.00. The molecule has 0 aliphatic rings. The number of imidazole rings is 1. The highest BCUT2D eigenvalue weighted by atomic mass is 15.1. The number of nitrogens with one attached hydrogen (secondary N) is 2. The average molecular weight is 246 g/mol. The van der Waals surface area contributed by atoms with Gasteiger partial charge in [0.05, 0.1) is 11.0 Å². The van der Waals surface area contributed by atoms with E-state index in [0.29, 0.717) is 6.04 Å². The van der Waals surface area contributed by atoms with Gasteiger partial charge in [0.1, 0.15) is 5.82 Å². The molecule has 0 aliphatic carbocycles. The minimum atomic E-state index is 0.535. The van der Waals surface area contributed by atoms with Crippen LogP contribution in [0.3, 0.4) is 0 Å². The first kappa shape index (κ1) is 12.9. The van der Waals surface area contributed by atoms with Gasteiger partial charge in [0.2, 0.25) is 0 Å². The Bertz CT molecular complexity index is 528. The van der Waals surface area contributed by atoms with Crippen LogP contribution in [-0.2, 0) is 7.05 Å².